The minimum atomic E-state index is -0.189. The molecule has 0 amide bonds. The molecular weight excluding hydrogens is 241 g/mol. The molecule has 2 rings (SSSR count). The molecule has 0 fully saturated rings. The van der Waals surface area contributed by atoms with Gasteiger partial charge in [-0.1, -0.05) is 19.1 Å². The predicted molar refractivity (Wildman–Crippen MR) is 74.2 cm³/mol. The van der Waals surface area contributed by atoms with E-state index in [1.165, 1.54) is 11.8 Å². The Morgan fingerprint density at radius 1 is 1.21 bits per heavy atom. The summed E-state index contributed by atoms with van der Waals surface area (Å²) in [5, 5.41) is 7.83. The molecule has 0 aliphatic carbocycles. The van der Waals surface area contributed by atoms with Gasteiger partial charge in [0.1, 0.15) is 5.82 Å². The van der Waals surface area contributed by atoms with Gasteiger partial charge in [0.15, 0.2) is 0 Å². The molecule has 0 saturated carbocycles. The van der Waals surface area contributed by atoms with Gasteiger partial charge in [0.2, 0.25) is 0 Å². The van der Waals surface area contributed by atoms with E-state index in [0.29, 0.717) is 6.54 Å². The number of hydrogen-bond donors (Lipinski definition) is 1. The van der Waals surface area contributed by atoms with Crippen LogP contribution in [0.3, 0.4) is 0 Å². The highest BCUT2D eigenvalue weighted by Crippen LogP contribution is 2.07. The summed E-state index contributed by atoms with van der Waals surface area (Å²) in [6.45, 7) is 6.47. The van der Waals surface area contributed by atoms with Crippen molar-refractivity contribution in [1.82, 2.24) is 15.1 Å². The molecule has 0 aliphatic rings. The zero-order valence-electron chi connectivity index (χ0n) is 11.5. The summed E-state index contributed by atoms with van der Waals surface area (Å²) < 4.78 is 15.1. The maximum absolute atomic E-state index is 13.0. The fraction of sp³-hybridized carbons (Fsp3) is 0.400. The van der Waals surface area contributed by atoms with Crippen LogP contribution >= 0.6 is 0 Å². The Hall–Kier alpha value is -1.68. The molecule has 0 bridgehead atoms. The van der Waals surface area contributed by atoms with E-state index in [4.69, 9.17) is 0 Å². The van der Waals surface area contributed by atoms with Crippen LogP contribution < -0.4 is 5.32 Å². The largest absolute Gasteiger partial charge is 0.307 e. The Balaban J connectivity index is 1.93. The first-order valence-electron chi connectivity index (χ1n) is 6.73. The summed E-state index contributed by atoms with van der Waals surface area (Å²) in [5.41, 5.74) is 3.25. The molecule has 0 aliphatic heterocycles. The van der Waals surface area contributed by atoms with Crippen LogP contribution in [0.15, 0.2) is 30.3 Å². The average molecular weight is 261 g/mol. The van der Waals surface area contributed by atoms with Crippen LogP contribution in [0.2, 0.25) is 0 Å². The fourth-order valence-corrected chi connectivity index (χ4v) is 2.09. The lowest BCUT2D eigenvalue weighted by molar-refractivity contribution is 0.575. The lowest BCUT2D eigenvalue weighted by Gasteiger charge is -2.07. The number of aryl methyl sites for hydroxylation is 2. The van der Waals surface area contributed by atoms with Crippen LogP contribution in [0.4, 0.5) is 4.39 Å². The molecule has 3 nitrogen and oxygen atoms in total. The Morgan fingerprint density at radius 3 is 2.74 bits per heavy atom. The number of aromatic nitrogens is 2. The Kier molecular flexibility index (Phi) is 4.68. The molecule has 102 valence electrons. The van der Waals surface area contributed by atoms with E-state index in [0.717, 1.165) is 30.8 Å². The molecule has 1 N–H and O–H groups in total. The molecule has 0 radical (unpaired) electrons. The van der Waals surface area contributed by atoms with E-state index in [9.17, 15) is 4.39 Å². The predicted octanol–water partition coefficient (Wildman–Crippen LogP) is 2.89. The maximum atomic E-state index is 13.0. The summed E-state index contributed by atoms with van der Waals surface area (Å²) in [4.78, 5) is 0. The summed E-state index contributed by atoms with van der Waals surface area (Å²) >= 11 is 0. The van der Waals surface area contributed by atoms with Crippen LogP contribution in [0, 0.1) is 5.82 Å². The molecule has 0 spiro atoms. The van der Waals surface area contributed by atoms with Crippen molar-refractivity contribution < 1.29 is 4.39 Å². The second-order valence-electron chi connectivity index (χ2n) is 4.53. The first-order chi connectivity index (χ1) is 9.22. The van der Waals surface area contributed by atoms with Crippen molar-refractivity contribution in [2.24, 2.45) is 0 Å². The van der Waals surface area contributed by atoms with Crippen molar-refractivity contribution in [3.05, 3.63) is 53.1 Å². The maximum Gasteiger partial charge on any atom is 0.123 e. The third kappa shape index (κ3) is 3.64. The average Bonchev–Trinajstić information content (AvgIpc) is 2.81. The van der Waals surface area contributed by atoms with Gasteiger partial charge in [-0.05, 0) is 37.1 Å². The van der Waals surface area contributed by atoms with Crippen LogP contribution in [-0.4, -0.2) is 9.78 Å². The molecule has 1 aromatic heterocycles. The van der Waals surface area contributed by atoms with Crippen molar-refractivity contribution in [2.75, 3.05) is 0 Å². The van der Waals surface area contributed by atoms with Crippen molar-refractivity contribution >= 4 is 0 Å². The quantitative estimate of drug-likeness (QED) is 0.866. The number of rotatable bonds is 6. The number of hydrogen-bond acceptors (Lipinski definition) is 2. The molecular formula is C15H20FN3. The number of halogens is 1. The van der Waals surface area contributed by atoms with E-state index in [1.807, 2.05) is 10.7 Å². The Morgan fingerprint density at radius 2 is 2.05 bits per heavy atom. The lowest BCUT2D eigenvalue weighted by Crippen LogP contribution is -2.16. The molecule has 19 heavy (non-hydrogen) atoms. The van der Waals surface area contributed by atoms with E-state index in [-0.39, 0.29) is 5.82 Å². The van der Waals surface area contributed by atoms with Gasteiger partial charge in [-0.15, -0.1) is 0 Å². The van der Waals surface area contributed by atoms with Crippen LogP contribution in [0.25, 0.3) is 0 Å². The number of benzene rings is 1. The second kappa shape index (κ2) is 6.48. The van der Waals surface area contributed by atoms with Crippen molar-refractivity contribution in [3.8, 4) is 0 Å². The lowest BCUT2D eigenvalue weighted by atomic mass is 10.2. The fourth-order valence-electron chi connectivity index (χ4n) is 2.09. The van der Waals surface area contributed by atoms with Gasteiger partial charge in [-0.2, -0.15) is 5.10 Å². The zero-order chi connectivity index (χ0) is 13.7. The highest BCUT2D eigenvalue weighted by molar-refractivity contribution is 5.16. The van der Waals surface area contributed by atoms with Gasteiger partial charge >= 0.3 is 0 Å². The minimum absolute atomic E-state index is 0.189. The van der Waals surface area contributed by atoms with Crippen molar-refractivity contribution in [1.29, 1.82) is 0 Å². The summed E-state index contributed by atoms with van der Waals surface area (Å²) in [7, 11) is 0. The molecule has 0 unspecified atom stereocenters. The molecule has 0 atom stereocenters. The van der Waals surface area contributed by atoms with Gasteiger partial charge in [0, 0.05) is 19.6 Å². The molecule has 1 heterocycles. The van der Waals surface area contributed by atoms with E-state index in [1.54, 1.807) is 12.1 Å². The van der Waals surface area contributed by atoms with Gasteiger partial charge in [-0.25, -0.2) is 4.39 Å². The minimum Gasteiger partial charge on any atom is -0.307 e. The standard InChI is InChI=1S/C15H20FN3/c1-3-14-9-15(19(4-2)18-14)11-17-10-12-6-5-7-13(16)8-12/h5-9,17H,3-4,10-11H2,1-2H3. The van der Waals surface area contributed by atoms with Gasteiger partial charge in [-0.3, -0.25) is 4.68 Å². The third-order valence-corrected chi connectivity index (χ3v) is 3.10. The van der Waals surface area contributed by atoms with Crippen LogP contribution in [0.5, 0.6) is 0 Å². The molecule has 4 heteroatoms. The van der Waals surface area contributed by atoms with Gasteiger partial charge in [0.05, 0.1) is 11.4 Å². The molecule has 2 aromatic rings. The number of nitrogens with zero attached hydrogens (tertiary/aromatic N) is 2. The summed E-state index contributed by atoms with van der Waals surface area (Å²) in [5.74, 6) is -0.189. The van der Waals surface area contributed by atoms with E-state index in [2.05, 4.69) is 30.3 Å². The van der Waals surface area contributed by atoms with E-state index < -0.39 is 0 Å². The summed E-state index contributed by atoms with van der Waals surface area (Å²) in [6.07, 6.45) is 0.948. The highest BCUT2D eigenvalue weighted by atomic mass is 19.1. The summed E-state index contributed by atoms with van der Waals surface area (Å²) in [6, 6.07) is 8.80. The van der Waals surface area contributed by atoms with E-state index >= 15 is 0 Å². The first-order valence-corrected chi connectivity index (χ1v) is 6.73. The van der Waals surface area contributed by atoms with Gasteiger partial charge in [0.25, 0.3) is 0 Å². The van der Waals surface area contributed by atoms with Crippen LogP contribution in [-0.2, 0) is 26.1 Å². The Bertz CT molecular complexity index is 534. The molecule has 1 aromatic carbocycles. The molecule has 0 saturated heterocycles. The zero-order valence-corrected chi connectivity index (χ0v) is 11.5. The highest BCUT2D eigenvalue weighted by Gasteiger charge is 2.05. The SMILES string of the molecule is CCc1cc(CNCc2cccc(F)c2)n(CC)n1. The van der Waals surface area contributed by atoms with Crippen molar-refractivity contribution in [3.63, 3.8) is 0 Å². The van der Waals surface area contributed by atoms with Crippen molar-refractivity contribution in [2.45, 2.75) is 39.9 Å². The normalized spacial score (nSPS) is 10.9. The topological polar surface area (TPSA) is 29.9 Å². The number of nitrogens with one attached hydrogen (secondary N) is 1. The first kappa shape index (κ1) is 13.7. The third-order valence-electron chi connectivity index (χ3n) is 3.10. The monoisotopic (exact) mass is 261 g/mol. The second-order valence-corrected chi connectivity index (χ2v) is 4.53. The van der Waals surface area contributed by atoms with Gasteiger partial charge < -0.3 is 5.32 Å². The Labute approximate surface area is 113 Å². The van der Waals surface area contributed by atoms with Crippen LogP contribution in [0.1, 0.15) is 30.8 Å². The smallest absolute Gasteiger partial charge is 0.123 e.